The number of benzene rings is 1. The molecule has 5 rings (SSSR count). The predicted molar refractivity (Wildman–Crippen MR) is 145 cm³/mol. The summed E-state index contributed by atoms with van der Waals surface area (Å²) in [5, 5.41) is 6.71. The van der Waals surface area contributed by atoms with E-state index in [9.17, 15) is 23.2 Å². The van der Waals surface area contributed by atoms with Crippen LogP contribution in [0.5, 0.6) is 11.6 Å². The second-order valence-corrected chi connectivity index (χ2v) is 10.2. The van der Waals surface area contributed by atoms with Gasteiger partial charge in [-0.2, -0.15) is 5.10 Å². The van der Waals surface area contributed by atoms with Gasteiger partial charge in [-0.1, -0.05) is 0 Å². The van der Waals surface area contributed by atoms with Crippen LogP contribution in [0.25, 0.3) is 5.82 Å². The average molecular weight is 580 g/mol. The number of nitrogens with one attached hydrogen (secondary N) is 2. The molecule has 2 N–H and O–H groups in total. The first-order valence-electron chi connectivity index (χ1n) is 12.9. The summed E-state index contributed by atoms with van der Waals surface area (Å²) in [5.74, 6) is -2.44. The van der Waals surface area contributed by atoms with Crippen LogP contribution in [0.2, 0.25) is 0 Å². The number of amides is 2. The van der Waals surface area contributed by atoms with Crippen molar-refractivity contribution in [2.45, 2.75) is 32.4 Å². The van der Waals surface area contributed by atoms with E-state index in [0.29, 0.717) is 25.7 Å². The molecule has 0 radical (unpaired) electrons. The number of nitrogens with zero attached hydrogens (tertiary/aromatic N) is 7. The highest BCUT2D eigenvalue weighted by Gasteiger charge is 2.40. The molecule has 1 aromatic carbocycles. The third-order valence-electron chi connectivity index (χ3n) is 6.80. The van der Waals surface area contributed by atoms with Crippen molar-refractivity contribution in [2.24, 2.45) is 0 Å². The van der Waals surface area contributed by atoms with Crippen LogP contribution in [0.15, 0.2) is 60.0 Å². The summed E-state index contributed by atoms with van der Waals surface area (Å²) < 4.78 is 33.5. The van der Waals surface area contributed by atoms with Crippen molar-refractivity contribution in [1.82, 2.24) is 39.5 Å². The molecule has 1 aliphatic heterocycles. The number of H-pyrrole nitrogens is 1. The number of piperazine rings is 1. The van der Waals surface area contributed by atoms with E-state index in [1.54, 1.807) is 24.1 Å². The average Bonchev–Trinajstić information content (AvgIpc) is 3.49. The third kappa shape index (κ3) is 6.00. The van der Waals surface area contributed by atoms with E-state index in [2.05, 4.69) is 30.4 Å². The Hall–Kier alpha value is -5.05. The maximum Gasteiger partial charge on any atom is 0.293 e. The van der Waals surface area contributed by atoms with Crippen LogP contribution >= 0.6 is 0 Å². The quantitative estimate of drug-likeness (QED) is 0.336. The highest BCUT2D eigenvalue weighted by atomic mass is 19.1. The Morgan fingerprint density at radius 3 is 2.64 bits per heavy atom. The number of ether oxygens (including phenoxy) is 1. The number of rotatable bonds is 7. The number of carbonyl (C=O) groups excluding carboxylic acids is 2. The monoisotopic (exact) mass is 579 g/mol. The molecule has 4 heterocycles. The lowest BCUT2D eigenvalue weighted by atomic mass is 9.97. The zero-order chi connectivity index (χ0) is 30.0. The molecule has 0 spiro atoms. The Kier molecular flexibility index (Phi) is 7.76. The number of hydrogen-bond acceptors (Lipinski definition) is 9. The van der Waals surface area contributed by atoms with Crippen molar-refractivity contribution < 1.29 is 23.1 Å². The molecule has 0 aliphatic carbocycles. The smallest absolute Gasteiger partial charge is 0.293 e. The largest absolute Gasteiger partial charge is 0.434 e. The van der Waals surface area contributed by atoms with Crippen molar-refractivity contribution in [3.05, 3.63) is 82.9 Å². The first-order chi connectivity index (χ1) is 20.0. The molecule has 42 heavy (non-hydrogen) atoms. The van der Waals surface area contributed by atoms with Crippen LogP contribution in [0, 0.1) is 11.6 Å². The number of aromatic amines is 1. The standard InChI is InChI=1S/C27H27F2N9O4/c1-16(24(39)35-21-13-31-22(14-30-21)42-20-6-5-17(28)11-18(20)29)36-9-10-37(27(2,3)15-36)26(41)19-12-32-25(40)23(34-19)38-8-4-7-33-38/h4-8,11-14,16H,9-10,15H2,1-3H3,(H,32,40)(H,30,35,39)/t16-/m0/s1. The summed E-state index contributed by atoms with van der Waals surface area (Å²) >= 11 is 0. The van der Waals surface area contributed by atoms with Gasteiger partial charge in [-0.25, -0.2) is 28.4 Å². The minimum atomic E-state index is -0.887. The van der Waals surface area contributed by atoms with Crippen LogP contribution in [0.4, 0.5) is 14.6 Å². The first kappa shape index (κ1) is 28.5. The molecule has 0 unspecified atom stereocenters. The molecule has 1 atom stereocenters. The van der Waals surface area contributed by atoms with E-state index in [0.717, 1.165) is 12.1 Å². The summed E-state index contributed by atoms with van der Waals surface area (Å²) in [6.07, 6.45) is 6.81. The molecule has 4 aromatic rings. The van der Waals surface area contributed by atoms with Gasteiger partial charge in [0, 0.05) is 44.3 Å². The second-order valence-electron chi connectivity index (χ2n) is 10.2. The van der Waals surface area contributed by atoms with E-state index in [1.165, 1.54) is 29.5 Å². The second kappa shape index (κ2) is 11.4. The molecular weight excluding hydrogens is 552 g/mol. The van der Waals surface area contributed by atoms with E-state index in [4.69, 9.17) is 4.74 Å². The van der Waals surface area contributed by atoms with Gasteiger partial charge >= 0.3 is 0 Å². The lowest BCUT2D eigenvalue weighted by Crippen LogP contribution is -2.63. The molecule has 0 bridgehead atoms. The number of hydrogen-bond donors (Lipinski definition) is 2. The number of aromatic nitrogens is 6. The molecule has 1 aliphatic rings. The third-order valence-corrected chi connectivity index (χ3v) is 6.80. The summed E-state index contributed by atoms with van der Waals surface area (Å²) in [6, 6.07) is 3.94. The van der Waals surface area contributed by atoms with Crippen molar-refractivity contribution in [2.75, 3.05) is 25.0 Å². The van der Waals surface area contributed by atoms with Gasteiger partial charge in [0.2, 0.25) is 17.6 Å². The maximum absolute atomic E-state index is 13.8. The summed E-state index contributed by atoms with van der Waals surface area (Å²) in [6.45, 7) is 6.61. The van der Waals surface area contributed by atoms with Crippen molar-refractivity contribution in [3.8, 4) is 17.4 Å². The van der Waals surface area contributed by atoms with E-state index in [1.807, 2.05) is 18.7 Å². The summed E-state index contributed by atoms with van der Waals surface area (Å²) in [7, 11) is 0. The number of carbonyl (C=O) groups is 2. The first-order valence-corrected chi connectivity index (χ1v) is 12.9. The SMILES string of the molecule is C[C@@H](C(=O)Nc1cnc(Oc2ccc(F)cc2F)cn1)N1CCN(C(=O)c2c[nH]c(=O)c(-n3cccn3)n2)C(C)(C)C1. The molecule has 0 saturated carbocycles. The van der Waals surface area contributed by atoms with Crippen LogP contribution in [0.3, 0.4) is 0 Å². The van der Waals surface area contributed by atoms with Gasteiger partial charge in [-0.05, 0) is 39.0 Å². The Balaban J connectivity index is 1.20. The van der Waals surface area contributed by atoms with Crippen molar-refractivity contribution in [3.63, 3.8) is 0 Å². The van der Waals surface area contributed by atoms with Crippen LogP contribution in [-0.2, 0) is 4.79 Å². The predicted octanol–water partition coefficient (Wildman–Crippen LogP) is 2.38. The highest BCUT2D eigenvalue weighted by molar-refractivity contribution is 5.94. The van der Waals surface area contributed by atoms with E-state index >= 15 is 0 Å². The Labute approximate surface area is 238 Å². The zero-order valence-corrected chi connectivity index (χ0v) is 22.9. The fourth-order valence-electron chi connectivity index (χ4n) is 4.59. The number of anilines is 1. The topological polar surface area (TPSA) is 151 Å². The molecule has 13 nitrogen and oxygen atoms in total. The molecule has 2 amide bonds. The van der Waals surface area contributed by atoms with Gasteiger partial charge in [-0.3, -0.25) is 19.3 Å². The summed E-state index contributed by atoms with van der Waals surface area (Å²) in [4.78, 5) is 57.2. The van der Waals surface area contributed by atoms with Gasteiger partial charge < -0.3 is 19.9 Å². The molecule has 218 valence electrons. The normalized spacial score (nSPS) is 15.7. The molecule has 1 saturated heterocycles. The lowest BCUT2D eigenvalue weighted by Gasteiger charge is -2.48. The fraction of sp³-hybridized carbons (Fsp3) is 0.296. The highest BCUT2D eigenvalue weighted by Crippen LogP contribution is 2.26. The molecule has 15 heteroatoms. The molecule has 1 fully saturated rings. The van der Waals surface area contributed by atoms with Crippen LogP contribution in [0.1, 0.15) is 31.3 Å². The maximum atomic E-state index is 13.8. The van der Waals surface area contributed by atoms with Gasteiger partial charge in [0.05, 0.1) is 24.0 Å². The van der Waals surface area contributed by atoms with Crippen molar-refractivity contribution in [1.29, 1.82) is 0 Å². The van der Waals surface area contributed by atoms with Crippen molar-refractivity contribution >= 4 is 17.6 Å². The number of halogens is 2. The van der Waals surface area contributed by atoms with Crippen LogP contribution in [-0.4, -0.2) is 82.5 Å². The Morgan fingerprint density at radius 1 is 1.17 bits per heavy atom. The van der Waals surface area contributed by atoms with Gasteiger partial charge in [0.25, 0.3) is 11.5 Å². The summed E-state index contributed by atoms with van der Waals surface area (Å²) in [5.41, 5.74) is -1.09. The fourth-order valence-corrected chi connectivity index (χ4v) is 4.59. The molecular formula is C27H27F2N9O4. The Bertz CT molecular complexity index is 1660. The van der Waals surface area contributed by atoms with E-state index in [-0.39, 0.29) is 40.8 Å². The van der Waals surface area contributed by atoms with Crippen LogP contribution < -0.4 is 15.6 Å². The Morgan fingerprint density at radius 2 is 1.98 bits per heavy atom. The minimum Gasteiger partial charge on any atom is -0.434 e. The van der Waals surface area contributed by atoms with Gasteiger partial charge in [0.1, 0.15) is 11.5 Å². The zero-order valence-electron chi connectivity index (χ0n) is 22.9. The van der Waals surface area contributed by atoms with E-state index < -0.39 is 28.8 Å². The van der Waals surface area contributed by atoms with Gasteiger partial charge in [0.15, 0.2) is 17.4 Å². The molecule has 3 aromatic heterocycles. The van der Waals surface area contributed by atoms with Gasteiger partial charge in [-0.15, -0.1) is 0 Å². The minimum absolute atomic E-state index is 0.0158. The lowest BCUT2D eigenvalue weighted by molar-refractivity contribution is -0.122.